The minimum atomic E-state index is 0.597. The summed E-state index contributed by atoms with van der Waals surface area (Å²) in [4.78, 5) is 8.80. The van der Waals surface area contributed by atoms with Crippen LogP contribution in [0.5, 0.6) is 11.5 Å². The third kappa shape index (κ3) is 3.22. The van der Waals surface area contributed by atoms with Crippen molar-refractivity contribution >= 4 is 16.7 Å². The minimum absolute atomic E-state index is 0.597. The highest BCUT2D eigenvalue weighted by atomic mass is 16.5. The van der Waals surface area contributed by atoms with Gasteiger partial charge in [-0.15, -0.1) is 0 Å². The number of pyridine rings is 1. The van der Waals surface area contributed by atoms with Crippen LogP contribution in [0.2, 0.25) is 0 Å². The lowest BCUT2D eigenvalue weighted by molar-refractivity contribution is 0.409. The molecular formula is C21H21N5O2. The fourth-order valence-electron chi connectivity index (χ4n) is 3.30. The summed E-state index contributed by atoms with van der Waals surface area (Å²) in [5, 5.41) is 8.60. The zero-order valence-electron chi connectivity index (χ0n) is 16.0. The van der Waals surface area contributed by atoms with E-state index in [0.717, 1.165) is 39.3 Å². The van der Waals surface area contributed by atoms with Crippen molar-refractivity contribution in [1.82, 2.24) is 19.7 Å². The molecule has 142 valence electrons. The predicted molar refractivity (Wildman–Crippen MR) is 108 cm³/mol. The van der Waals surface area contributed by atoms with Crippen LogP contribution in [0.25, 0.3) is 16.6 Å². The average Bonchev–Trinajstić information content (AvgIpc) is 3.26. The summed E-state index contributed by atoms with van der Waals surface area (Å²) in [5.41, 5.74) is 3.90. The molecule has 0 saturated heterocycles. The van der Waals surface area contributed by atoms with E-state index in [1.54, 1.807) is 25.2 Å². The SMILES string of the molecule is COc1ccc(OC)c2c(C)cc(NCc3ccccc3-n3cncn3)nc12. The Bertz CT molecular complexity index is 1110. The molecule has 4 aromatic rings. The van der Waals surface area contributed by atoms with Crippen LogP contribution >= 0.6 is 0 Å². The highest BCUT2D eigenvalue weighted by Crippen LogP contribution is 2.35. The second-order valence-electron chi connectivity index (χ2n) is 6.34. The first-order valence-corrected chi connectivity index (χ1v) is 8.90. The number of hydrogen-bond donors (Lipinski definition) is 1. The van der Waals surface area contributed by atoms with Gasteiger partial charge in [-0.25, -0.2) is 14.6 Å². The Morgan fingerprint density at radius 3 is 2.57 bits per heavy atom. The summed E-state index contributed by atoms with van der Waals surface area (Å²) in [6, 6.07) is 13.8. The molecule has 0 radical (unpaired) electrons. The van der Waals surface area contributed by atoms with Gasteiger partial charge < -0.3 is 14.8 Å². The molecule has 0 bridgehead atoms. The van der Waals surface area contributed by atoms with Crippen molar-refractivity contribution in [3.8, 4) is 17.2 Å². The lowest BCUT2D eigenvalue weighted by Crippen LogP contribution is -2.07. The van der Waals surface area contributed by atoms with Crippen LogP contribution in [-0.2, 0) is 6.54 Å². The van der Waals surface area contributed by atoms with E-state index in [1.165, 1.54) is 6.33 Å². The van der Waals surface area contributed by atoms with Crippen molar-refractivity contribution in [1.29, 1.82) is 0 Å². The molecule has 0 saturated carbocycles. The third-order valence-corrected chi connectivity index (χ3v) is 4.64. The molecule has 0 aliphatic heterocycles. The first kappa shape index (κ1) is 17.8. The maximum atomic E-state index is 5.50. The molecule has 0 aliphatic rings. The molecule has 2 aromatic heterocycles. The van der Waals surface area contributed by atoms with E-state index >= 15 is 0 Å². The van der Waals surface area contributed by atoms with Gasteiger partial charge in [-0.05, 0) is 42.3 Å². The summed E-state index contributed by atoms with van der Waals surface area (Å²) < 4.78 is 12.8. The Morgan fingerprint density at radius 1 is 1.04 bits per heavy atom. The number of rotatable bonds is 6. The number of methoxy groups -OCH3 is 2. The van der Waals surface area contributed by atoms with Crippen LogP contribution in [0.1, 0.15) is 11.1 Å². The molecule has 1 N–H and O–H groups in total. The smallest absolute Gasteiger partial charge is 0.145 e. The molecule has 2 aromatic carbocycles. The normalized spacial score (nSPS) is 10.8. The number of hydrogen-bond acceptors (Lipinski definition) is 6. The van der Waals surface area contributed by atoms with E-state index in [-0.39, 0.29) is 0 Å². The van der Waals surface area contributed by atoms with Crippen molar-refractivity contribution < 1.29 is 9.47 Å². The van der Waals surface area contributed by atoms with E-state index in [2.05, 4.69) is 21.5 Å². The fourth-order valence-corrected chi connectivity index (χ4v) is 3.30. The van der Waals surface area contributed by atoms with Crippen molar-refractivity contribution in [2.45, 2.75) is 13.5 Å². The number of fused-ring (bicyclic) bond motifs is 1. The van der Waals surface area contributed by atoms with Crippen LogP contribution in [0, 0.1) is 6.92 Å². The zero-order valence-corrected chi connectivity index (χ0v) is 16.0. The number of benzene rings is 2. The number of aromatic nitrogens is 4. The Kier molecular flexibility index (Phi) is 4.80. The van der Waals surface area contributed by atoms with Gasteiger partial charge in [0.25, 0.3) is 0 Å². The molecule has 0 amide bonds. The van der Waals surface area contributed by atoms with Gasteiger partial charge in [0.2, 0.25) is 0 Å². The van der Waals surface area contributed by atoms with Gasteiger partial charge in [-0.1, -0.05) is 18.2 Å². The summed E-state index contributed by atoms with van der Waals surface area (Å²) >= 11 is 0. The summed E-state index contributed by atoms with van der Waals surface area (Å²) in [5.74, 6) is 2.26. The number of para-hydroxylation sites is 1. The lowest BCUT2D eigenvalue weighted by Gasteiger charge is -2.15. The number of nitrogens with zero attached hydrogens (tertiary/aromatic N) is 4. The summed E-state index contributed by atoms with van der Waals surface area (Å²) in [6.07, 6.45) is 3.21. The van der Waals surface area contributed by atoms with Gasteiger partial charge in [-0.3, -0.25) is 0 Å². The van der Waals surface area contributed by atoms with E-state index in [9.17, 15) is 0 Å². The van der Waals surface area contributed by atoms with Crippen LogP contribution < -0.4 is 14.8 Å². The molecular weight excluding hydrogens is 354 g/mol. The molecule has 0 atom stereocenters. The Morgan fingerprint density at radius 2 is 1.82 bits per heavy atom. The standard InChI is InChI=1S/C21H21N5O2/c1-14-10-19(25-21-18(28-3)9-8-17(27-2)20(14)21)23-11-15-6-4-5-7-16(15)26-13-22-12-24-26/h4-10,12-13H,11H2,1-3H3,(H,23,25). The molecule has 28 heavy (non-hydrogen) atoms. The molecule has 2 heterocycles. The third-order valence-electron chi connectivity index (χ3n) is 4.64. The van der Waals surface area contributed by atoms with Crippen LogP contribution in [-0.4, -0.2) is 34.0 Å². The quantitative estimate of drug-likeness (QED) is 0.553. The largest absolute Gasteiger partial charge is 0.496 e. The first-order chi connectivity index (χ1) is 13.7. The van der Waals surface area contributed by atoms with Gasteiger partial charge in [0.15, 0.2) is 0 Å². The molecule has 7 heteroatoms. The number of aryl methyl sites for hydroxylation is 1. The Balaban J connectivity index is 1.69. The van der Waals surface area contributed by atoms with Gasteiger partial charge in [-0.2, -0.15) is 5.10 Å². The van der Waals surface area contributed by atoms with E-state index < -0.39 is 0 Å². The molecule has 7 nitrogen and oxygen atoms in total. The highest BCUT2D eigenvalue weighted by Gasteiger charge is 2.13. The zero-order chi connectivity index (χ0) is 19.5. The van der Waals surface area contributed by atoms with Gasteiger partial charge >= 0.3 is 0 Å². The van der Waals surface area contributed by atoms with E-state index in [4.69, 9.17) is 14.5 Å². The lowest BCUT2D eigenvalue weighted by atomic mass is 10.1. The monoisotopic (exact) mass is 375 g/mol. The van der Waals surface area contributed by atoms with Crippen molar-refractivity contribution in [2.24, 2.45) is 0 Å². The number of ether oxygens (including phenoxy) is 2. The highest BCUT2D eigenvalue weighted by molar-refractivity contribution is 5.94. The van der Waals surface area contributed by atoms with Crippen molar-refractivity contribution in [3.63, 3.8) is 0 Å². The second kappa shape index (κ2) is 7.56. The van der Waals surface area contributed by atoms with Crippen LogP contribution in [0.4, 0.5) is 5.82 Å². The van der Waals surface area contributed by atoms with Crippen molar-refractivity contribution in [3.05, 3.63) is 66.2 Å². The van der Waals surface area contributed by atoms with Gasteiger partial charge in [0.1, 0.15) is 35.5 Å². The molecule has 0 spiro atoms. The second-order valence-corrected chi connectivity index (χ2v) is 6.34. The fraction of sp³-hybridized carbons (Fsp3) is 0.190. The van der Waals surface area contributed by atoms with E-state index in [1.807, 2.05) is 43.3 Å². The molecule has 0 fully saturated rings. The molecule has 4 rings (SSSR count). The maximum Gasteiger partial charge on any atom is 0.145 e. The van der Waals surface area contributed by atoms with Gasteiger partial charge in [0, 0.05) is 11.9 Å². The molecule has 0 aliphatic carbocycles. The van der Waals surface area contributed by atoms with Gasteiger partial charge in [0.05, 0.1) is 19.9 Å². The topological polar surface area (TPSA) is 74.1 Å². The maximum absolute atomic E-state index is 5.50. The van der Waals surface area contributed by atoms with Crippen LogP contribution in [0.3, 0.4) is 0 Å². The van der Waals surface area contributed by atoms with Crippen molar-refractivity contribution in [2.75, 3.05) is 19.5 Å². The molecule has 0 unspecified atom stereocenters. The predicted octanol–water partition coefficient (Wildman–Crippen LogP) is 3.75. The summed E-state index contributed by atoms with van der Waals surface area (Å²) in [6.45, 7) is 2.64. The summed E-state index contributed by atoms with van der Waals surface area (Å²) in [7, 11) is 3.31. The minimum Gasteiger partial charge on any atom is -0.496 e. The average molecular weight is 375 g/mol. The number of nitrogens with one attached hydrogen (secondary N) is 1. The number of anilines is 1. The van der Waals surface area contributed by atoms with Crippen LogP contribution in [0.15, 0.2) is 55.1 Å². The van der Waals surface area contributed by atoms with E-state index in [0.29, 0.717) is 12.3 Å². The Hall–Kier alpha value is -3.61. The first-order valence-electron chi connectivity index (χ1n) is 8.90. The Labute approximate surface area is 163 Å².